The first kappa shape index (κ1) is 16.4. The van der Waals surface area contributed by atoms with Gasteiger partial charge in [0.2, 0.25) is 0 Å². The molecule has 2 aromatic carbocycles. The summed E-state index contributed by atoms with van der Waals surface area (Å²) in [6.45, 7) is 1.98. The van der Waals surface area contributed by atoms with E-state index in [0.29, 0.717) is 10.7 Å². The molecule has 0 bridgehead atoms. The number of carbonyl (C=O) groups excluding carboxylic acids is 1. The molecule has 0 unspecified atom stereocenters. The summed E-state index contributed by atoms with van der Waals surface area (Å²) in [5.74, 6) is 0.250. The van der Waals surface area contributed by atoms with E-state index in [2.05, 4.69) is 5.32 Å². The number of amides is 1. The van der Waals surface area contributed by atoms with Crippen molar-refractivity contribution in [1.82, 2.24) is 5.32 Å². The Morgan fingerprint density at radius 3 is 2.31 bits per heavy atom. The Morgan fingerprint density at radius 2 is 1.62 bits per heavy atom. The Bertz CT molecular complexity index is 991. The van der Waals surface area contributed by atoms with Gasteiger partial charge in [-0.1, -0.05) is 48.5 Å². The van der Waals surface area contributed by atoms with Gasteiger partial charge in [-0.15, -0.1) is 11.3 Å². The zero-order valence-electron chi connectivity index (χ0n) is 14.2. The Kier molecular flexibility index (Phi) is 4.46. The number of para-hydroxylation sites is 2. The Hall–Kier alpha value is -3.05. The van der Waals surface area contributed by atoms with Crippen LogP contribution >= 0.6 is 11.3 Å². The van der Waals surface area contributed by atoms with E-state index in [9.17, 15) is 4.79 Å². The number of rotatable bonds is 2. The second-order valence-electron chi connectivity index (χ2n) is 6.01. The van der Waals surface area contributed by atoms with Crippen LogP contribution in [0.3, 0.4) is 0 Å². The maximum atomic E-state index is 12.7. The van der Waals surface area contributed by atoms with Gasteiger partial charge in [-0.25, -0.2) is 4.99 Å². The van der Waals surface area contributed by atoms with E-state index in [1.807, 2.05) is 79.0 Å². The summed E-state index contributed by atoms with van der Waals surface area (Å²) < 4.78 is 0. The number of aliphatic imine (C=N–C) groups is 2. The maximum absolute atomic E-state index is 12.7. The topological polar surface area (TPSA) is 53.8 Å². The lowest BCUT2D eigenvalue weighted by molar-refractivity contribution is 0.0980. The number of amidine groups is 1. The fraction of sp³-hybridized carbons (Fsp3) is 0.0952. The normalized spacial score (nSPS) is 16.1. The van der Waals surface area contributed by atoms with E-state index in [0.717, 1.165) is 22.6 Å². The van der Waals surface area contributed by atoms with Crippen molar-refractivity contribution in [3.05, 3.63) is 82.6 Å². The number of fused-ring (bicyclic) bond motifs is 1. The highest BCUT2D eigenvalue weighted by Gasteiger charge is 2.26. The largest absolute Gasteiger partial charge is 0.309 e. The average molecular weight is 359 g/mol. The second kappa shape index (κ2) is 7.06. The molecule has 1 N–H and O–H groups in total. The summed E-state index contributed by atoms with van der Waals surface area (Å²) in [7, 11) is 0. The van der Waals surface area contributed by atoms with Crippen molar-refractivity contribution in [1.29, 1.82) is 0 Å². The van der Waals surface area contributed by atoms with Crippen LogP contribution in [0.2, 0.25) is 0 Å². The molecule has 26 heavy (non-hydrogen) atoms. The molecule has 1 amide bonds. The van der Waals surface area contributed by atoms with Crippen LogP contribution in [0.25, 0.3) is 0 Å². The Labute approximate surface area is 156 Å². The molecular weight excluding hydrogens is 342 g/mol. The van der Waals surface area contributed by atoms with E-state index < -0.39 is 0 Å². The Morgan fingerprint density at radius 1 is 0.923 bits per heavy atom. The zero-order chi connectivity index (χ0) is 17.9. The second-order valence-corrected chi connectivity index (χ2v) is 6.96. The van der Waals surface area contributed by atoms with Crippen molar-refractivity contribution in [2.24, 2.45) is 9.98 Å². The Balaban J connectivity index is 1.81. The van der Waals surface area contributed by atoms with Gasteiger partial charge in [-0.3, -0.25) is 9.79 Å². The van der Waals surface area contributed by atoms with Crippen molar-refractivity contribution in [2.75, 3.05) is 0 Å². The highest BCUT2D eigenvalue weighted by Crippen LogP contribution is 2.34. The van der Waals surface area contributed by atoms with Crippen LogP contribution < -0.4 is 5.32 Å². The van der Waals surface area contributed by atoms with Gasteiger partial charge in [0.25, 0.3) is 5.91 Å². The van der Waals surface area contributed by atoms with Gasteiger partial charge >= 0.3 is 0 Å². The first-order valence-corrected chi connectivity index (χ1v) is 9.23. The van der Waals surface area contributed by atoms with Crippen LogP contribution in [0.4, 0.5) is 11.4 Å². The highest BCUT2D eigenvalue weighted by molar-refractivity contribution is 7.12. The van der Waals surface area contributed by atoms with E-state index in [4.69, 9.17) is 9.98 Å². The minimum absolute atomic E-state index is 0.146. The minimum atomic E-state index is -0.201. The quantitative estimate of drug-likeness (QED) is 0.680. The maximum Gasteiger partial charge on any atom is 0.266 e. The van der Waals surface area contributed by atoms with Gasteiger partial charge in [0.1, 0.15) is 5.84 Å². The third-order valence-corrected chi connectivity index (χ3v) is 5.10. The molecule has 0 aliphatic carbocycles. The van der Waals surface area contributed by atoms with Crippen LogP contribution in [0, 0.1) is 0 Å². The lowest BCUT2D eigenvalue weighted by Crippen LogP contribution is -2.36. The highest BCUT2D eigenvalue weighted by atomic mass is 32.1. The molecule has 0 fully saturated rings. The summed E-state index contributed by atoms with van der Waals surface area (Å²) in [5.41, 5.74) is 3.51. The molecule has 4 rings (SSSR count). The molecule has 2 heterocycles. The molecule has 0 saturated carbocycles. The van der Waals surface area contributed by atoms with Gasteiger partial charge < -0.3 is 5.32 Å². The number of carbonyl (C=O) groups is 1. The van der Waals surface area contributed by atoms with E-state index in [1.165, 1.54) is 11.3 Å². The predicted octanol–water partition coefficient (Wildman–Crippen LogP) is 5.10. The van der Waals surface area contributed by atoms with E-state index in [1.54, 1.807) is 0 Å². The summed E-state index contributed by atoms with van der Waals surface area (Å²) in [5, 5.41) is 4.91. The standard InChI is InChI=1S/C21H17N3OS/c1-14-19(15-8-3-2-4-9-15)20(24-21(25)18-12-7-13-26-18)23-17-11-6-5-10-16(17)22-14/h2-13,19H,1H3,(H,23,24,25)/t19-/m0/s1. The summed E-state index contributed by atoms with van der Waals surface area (Å²) >= 11 is 1.41. The molecule has 3 aromatic rings. The van der Waals surface area contributed by atoms with Crippen molar-refractivity contribution in [2.45, 2.75) is 12.8 Å². The lowest BCUT2D eigenvalue weighted by Gasteiger charge is -2.19. The minimum Gasteiger partial charge on any atom is -0.309 e. The number of thiophene rings is 1. The summed E-state index contributed by atoms with van der Waals surface area (Å²) in [4.78, 5) is 22.9. The molecule has 1 aliphatic rings. The molecule has 1 atom stereocenters. The van der Waals surface area contributed by atoms with Gasteiger partial charge in [0, 0.05) is 5.71 Å². The molecule has 4 nitrogen and oxygen atoms in total. The average Bonchev–Trinajstić information content (AvgIpc) is 3.15. The van der Waals surface area contributed by atoms with Gasteiger partial charge in [-0.05, 0) is 36.1 Å². The zero-order valence-corrected chi connectivity index (χ0v) is 15.0. The summed E-state index contributed by atoms with van der Waals surface area (Å²) in [6.07, 6.45) is 0. The van der Waals surface area contributed by atoms with Crippen LogP contribution in [-0.4, -0.2) is 17.5 Å². The third kappa shape index (κ3) is 3.21. The number of nitrogens with one attached hydrogen (secondary N) is 1. The molecule has 0 radical (unpaired) electrons. The van der Waals surface area contributed by atoms with Crippen molar-refractivity contribution in [3.63, 3.8) is 0 Å². The molecule has 0 spiro atoms. The molecule has 0 saturated heterocycles. The molecule has 5 heteroatoms. The van der Waals surface area contributed by atoms with Crippen LogP contribution in [0.15, 0.2) is 82.1 Å². The van der Waals surface area contributed by atoms with Crippen LogP contribution in [0.5, 0.6) is 0 Å². The molecular formula is C21H17N3OS. The van der Waals surface area contributed by atoms with Crippen LogP contribution in [-0.2, 0) is 0 Å². The van der Waals surface area contributed by atoms with Crippen molar-refractivity contribution >= 4 is 40.2 Å². The van der Waals surface area contributed by atoms with E-state index >= 15 is 0 Å². The summed E-state index contributed by atoms with van der Waals surface area (Å²) in [6, 6.07) is 21.4. The van der Waals surface area contributed by atoms with Gasteiger partial charge in [0.15, 0.2) is 0 Å². The van der Waals surface area contributed by atoms with Gasteiger partial charge in [0.05, 0.1) is 22.2 Å². The number of benzene rings is 2. The molecule has 1 aliphatic heterocycles. The fourth-order valence-corrected chi connectivity index (χ4v) is 3.65. The molecule has 128 valence electrons. The smallest absolute Gasteiger partial charge is 0.266 e. The fourth-order valence-electron chi connectivity index (χ4n) is 3.03. The number of hydrogen-bond acceptors (Lipinski definition) is 4. The predicted molar refractivity (Wildman–Crippen MR) is 107 cm³/mol. The third-order valence-electron chi connectivity index (χ3n) is 4.23. The number of nitrogens with zero attached hydrogens (tertiary/aromatic N) is 2. The molecule has 1 aromatic heterocycles. The SMILES string of the molecule is CC1=Nc2ccccc2N=C(NC(=O)c2cccs2)[C@@H]1c1ccccc1. The van der Waals surface area contributed by atoms with Gasteiger partial charge in [-0.2, -0.15) is 0 Å². The lowest BCUT2D eigenvalue weighted by atomic mass is 9.93. The first-order valence-electron chi connectivity index (χ1n) is 8.35. The monoisotopic (exact) mass is 359 g/mol. The van der Waals surface area contributed by atoms with Crippen molar-refractivity contribution < 1.29 is 4.79 Å². The number of hydrogen-bond donors (Lipinski definition) is 1. The van der Waals surface area contributed by atoms with Crippen LogP contribution in [0.1, 0.15) is 28.1 Å². The van der Waals surface area contributed by atoms with E-state index in [-0.39, 0.29) is 11.8 Å². The van der Waals surface area contributed by atoms with Crippen molar-refractivity contribution in [3.8, 4) is 0 Å². The first-order chi connectivity index (χ1) is 12.7.